The lowest BCUT2D eigenvalue weighted by atomic mass is 9.98. The van der Waals surface area contributed by atoms with Crippen LogP contribution in [0.1, 0.15) is 16.2 Å². The number of rotatable bonds is 5. The van der Waals surface area contributed by atoms with Gasteiger partial charge in [-0.3, -0.25) is 9.59 Å². The molecule has 3 aromatic rings. The van der Waals surface area contributed by atoms with Gasteiger partial charge in [0, 0.05) is 4.88 Å². The van der Waals surface area contributed by atoms with Gasteiger partial charge in [-0.05, 0) is 35.7 Å². The Labute approximate surface area is 167 Å². The van der Waals surface area contributed by atoms with E-state index in [1.165, 1.54) is 35.8 Å². The molecule has 2 aromatic heterocycles. The van der Waals surface area contributed by atoms with E-state index in [1.807, 2.05) is 5.32 Å². The van der Waals surface area contributed by atoms with E-state index >= 15 is 0 Å². The topological polar surface area (TPSA) is 91.6 Å². The van der Waals surface area contributed by atoms with Gasteiger partial charge in [-0.25, -0.2) is 0 Å². The largest absolute Gasteiger partial charge is 0.466 e. The molecule has 0 saturated heterocycles. The molecule has 0 saturated carbocycles. The molecule has 0 fully saturated rings. The molecule has 152 valence electrons. The zero-order valence-corrected chi connectivity index (χ0v) is 15.5. The Bertz CT molecular complexity index is 951. The number of carbonyl (C=O) groups excluding carboxylic acids is 2. The van der Waals surface area contributed by atoms with Gasteiger partial charge >= 0.3 is 18.0 Å². The van der Waals surface area contributed by atoms with Crippen LogP contribution in [0.3, 0.4) is 0 Å². The number of carbonyl (C=O) groups is 2. The summed E-state index contributed by atoms with van der Waals surface area (Å²) in [5, 5.41) is 16.9. The molecular weight excluding hydrogens is 409 g/mol. The number of amides is 2. The molecule has 2 amide bonds. The normalized spacial score (nSPS) is 13.5. The van der Waals surface area contributed by atoms with E-state index < -0.39 is 41.4 Å². The molecule has 1 atom stereocenters. The summed E-state index contributed by atoms with van der Waals surface area (Å²) in [5.74, 6) is -2.36. The van der Waals surface area contributed by atoms with Crippen LogP contribution in [-0.2, 0) is 21.4 Å². The minimum Gasteiger partial charge on any atom is -0.466 e. The Hall–Kier alpha value is -3.11. The minimum atomic E-state index is -4.70. The molecular formula is C19H15F3N2O4S. The molecule has 1 aromatic carbocycles. The maximum absolute atomic E-state index is 13.0. The van der Waals surface area contributed by atoms with Gasteiger partial charge in [0.2, 0.25) is 0 Å². The third kappa shape index (κ3) is 4.49. The predicted molar refractivity (Wildman–Crippen MR) is 99.1 cm³/mol. The number of aliphatic hydroxyl groups is 1. The second-order valence-electron chi connectivity index (χ2n) is 6.00. The van der Waals surface area contributed by atoms with Crippen molar-refractivity contribution in [2.24, 2.45) is 0 Å². The molecule has 3 rings (SSSR count). The Balaban J connectivity index is 1.73. The van der Waals surface area contributed by atoms with E-state index in [0.717, 1.165) is 12.1 Å². The van der Waals surface area contributed by atoms with Crippen molar-refractivity contribution in [1.29, 1.82) is 0 Å². The van der Waals surface area contributed by atoms with E-state index in [0.29, 0.717) is 4.88 Å². The van der Waals surface area contributed by atoms with Crippen molar-refractivity contribution in [2.45, 2.75) is 11.8 Å². The summed E-state index contributed by atoms with van der Waals surface area (Å²) < 4.78 is 44.3. The first-order valence-electron chi connectivity index (χ1n) is 8.27. The van der Waals surface area contributed by atoms with Gasteiger partial charge < -0.3 is 20.2 Å². The maximum atomic E-state index is 13.0. The van der Waals surface area contributed by atoms with Crippen LogP contribution in [0, 0.1) is 0 Å². The van der Waals surface area contributed by atoms with Crippen LogP contribution in [0.2, 0.25) is 0 Å². The van der Waals surface area contributed by atoms with Gasteiger partial charge in [0.1, 0.15) is 5.76 Å². The molecule has 2 heterocycles. The molecule has 10 heteroatoms. The predicted octanol–water partition coefficient (Wildman–Crippen LogP) is 3.35. The van der Waals surface area contributed by atoms with Gasteiger partial charge in [-0.15, -0.1) is 11.3 Å². The third-order valence-corrected chi connectivity index (χ3v) is 5.07. The summed E-state index contributed by atoms with van der Waals surface area (Å²) in [5.41, 5.74) is -3.36. The SMILES string of the molecule is O=C(NC[C@@](O)(c1ccco1)c1cccs1)C(=O)Nc1ccccc1C(F)(F)F. The Morgan fingerprint density at radius 2 is 1.79 bits per heavy atom. The molecule has 0 aliphatic heterocycles. The summed E-state index contributed by atoms with van der Waals surface area (Å²) in [6.45, 7) is -0.422. The number of anilines is 1. The minimum absolute atomic E-state index is 0.142. The van der Waals surface area contributed by atoms with Crippen molar-refractivity contribution in [3.8, 4) is 0 Å². The number of benzene rings is 1. The van der Waals surface area contributed by atoms with Gasteiger partial charge in [-0.1, -0.05) is 18.2 Å². The lowest BCUT2D eigenvalue weighted by Gasteiger charge is -2.25. The second-order valence-corrected chi connectivity index (χ2v) is 6.94. The average Bonchev–Trinajstić information content (AvgIpc) is 3.39. The van der Waals surface area contributed by atoms with Crippen LogP contribution in [-0.4, -0.2) is 23.5 Å². The number of furan rings is 1. The zero-order chi connectivity index (χ0) is 21.1. The van der Waals surface area contributed by atoms with Crippen molar-refractivity contribution in [3.05, 3.63) is 76.4 Å². The highest BCUT2D eigenvalue weighted by atomic mass is 32.1. The summed E-state index contributed by atoms with van der Waals surface area (Å²) >= 11 is 1.21. The highest BCUT2D eigenvalue weighted by molar-refractivity contribution is 7.10. The van der Waals surface area contributed by atoms with E-state index in [1.54, 1.807) is 23.6 Å². The summed E-state index contributed by atoms with van der Waals surface area (Å²) in [6.07, 6.45) is -3.35. The summed E-state index contributed by atoms with van der Waals surface area (Å²) in [6, 6.07) is 10.7. The number of thiophene rings is 1. The lowest BCUT2D eigenvalue weighted by Crippen LogP contribution is -2.44. The van der Waals surface area contributed by atoms with Crippen molar-refractivity contribution in [2.75, 3.05) is 11.9 Å². The quantitative estimate of drug-likeness (QED) is 0.548. The van der Waals surface area contributed by atoms with E-state index in [4.69, 9.17) is 4.42 Å². The first-order valence-corrected chi connectivity index (χ1v) is 9.15. The summed E-state index contributed by atoms with van der Waals surface area (Å²) in [7, 11) is 0. The number of hydrogen-bond donors (Lipinski definition) is 3. The highest BCUT2D eigenvalue weighted by Crippen LogP contribution is 2.35. The fourth-order valence-electron chi connectivity index (χ4n) is 2.63. The number of alkyl halides is 3. The van der Waals surface area contributed by atoms with Crippen LogP contribution in [0.4, 0.5) is 18.9 Å². The van der Waals surface area contributed by atoms with Crippen molar-refractivity contribution < 1.29 is 32.3 Å². The van der Waals surface area contributed by atoms with Crippen LogP contribution in [0.25, 0.3) is 0 Å². The van der Waals surface area contributed by atoms with Crippen LogP contribution >= 0.6 is 11.3 Å². The molecule has 3 N–H and O–H groups in total. The van der Waals surface area contributed by atoms with Crippen LogP contribution in [0.5, 0.6) is 0 Å². The molecule has 0 aliphatic carbocycles. The molecule has 0 spiro atoms. The number of para-hydroxylation sites is 1. The summed E-state index contributed by atoms with van der Waals surface area (Å²) in [4.78, 5) is 24.7. The van der Waals surface area contributed by atoms with Crippen molar-refractivity contribution in [1.82, 2.24) is 5.32 Å². The molecule has 0 radical (unpaired) electrons. The van der Waals surface area contributed by atoms with Gasteiger partial charge in [0.05, 0.1) is 24.1 Å². The maximum Gasteiger partial charge on any atom is 0.418 e. The monoisotopic (exact) mass is 424 g/mol. The third-order valence-electron chi connectivity index (χ3n) is 4.05. The molecule has 0 bridgehead atoms. The lowest BCUT2D eigenvalue weighted by molar-refractivity contribution is -0.138. The Morgan fingerprint density at radius 1 is 1.03 bits per heavy atom. The fourth-order valence-corrected chi connectivity index (χ4v) is 3.46. The van der Waals surface area contributed by atoms with Gasteiger partial charge in [0.25, 0.3) is 0 Å². The number of hydrogen-bond acceptors (Lipinski definition) is 5. The van der Waals surface area contributed by atoms with Crippen molar-refractivity contribution in [3.63, 3.8) is 0 Å². The molecule has 29 heavy (non-hydrogen) atoms. The first kappa shape index (κ1) is 20.6. The number of halogens is 3. The zero-order valence-electron chi connectivity index (χ0n) is 14.7. The van der Waals surface area contributed by atoms with Crippen molar-refractivity contribution >= 4 is 28.8 Å². The van der Waals surface area contributed by atoms with E-state index in [9.17, 15) is 27.9 Å². The molecule has 0 aliphatic rings. The molecule has 0 unspecified atom stereocenters. The first-order chi connectivity index (χ1) is 13.7. The van der Waals surface area contributed by atoms with Crippen LogP contribution < -0.4 is 10.6 Å². The van der Waals surface area contributed by atoms with Gasteiger partial charge in [-0.2, -0.15) is 13.2 Å². The Morgan fingerprint density at radius 3 is 2.41 bits per heavy atom. The fraction of sp³-hybridized carbons (Fsp3) is 0.158. The van der Waals surface area contributed by atoms with Crippen LogP contribution in [0.15, 0.2) is 64.6 Å². The van der Waals surface area contributed by atoms with E-state index in [-0.39, 0.29) is 5.76 Å². The second kappa shape index (κ2) is 8.10. The average molecular weight is 424 g/mol. The van der Waals surface area contributed by atoms with Gasteiger partial charge in [0.15, 0.2) is 5.60 Å². The standard InChI is InChI=1S/C19H15F3N2O4S/c20-19(21,22)12-5-1-2-6-13(12)24-17(26)16(25)23-11-18(27,14-7-3-9-28-14)15-8-4-10-29-15/h1-10,27H,11H2,(H,23,25)(H,24,26)/t18-/m1/s1. The highest BCUT2D eigenvalue weighted by Gasteiger charge is 2.37. The smallest absolute Gasteiger partial charge is 0.418 e. The number of nitrogens with one attached hydrogen (secondary N) is 2. The Kier molecular flexibility index (Phi) is 5.76. The van der Waals surface area contributed by atoms with E-state index in [2.05, 4.69) is 5.32 Å². The molecule has 6 nitrogen and oxygen atoms in total.